The fraction of sp³-hybridized carbons (Fsp3) is 0.389. The molecule has 5 heteroatoms. The minimum Gasteiger partial charge on any atom is -0.354 e. The summed E-state index contributed by atoms with van der Waals surface area (Å²) in [6.07, 6.45) is 4.79. The SMILES string of the molecule is CNC(=O)c1cc(-c2ccccc2)nc(N2CCCCCC2)n1. The van der Waals surface area contributed by atoms with Crippen LogP contribution in [0.4, 0.5) is 5.95 Å². The number of nitrogens with zero attached hydrogens (tertiary/aromatic N) is 3. The van der Waals surface area contributed by atoms with Gasteiger partial charge in [0.15, 0.2) is 0 Å². The van der Waals surface area contributed by atoms with E-state index in [-0.39, 0.29) is 5.91 Å². The number of amides is 1. The highest BCUT2D eigenvalue weighted by molar-refractivity contribution is 5.93. The predicted octanol–water partition coefficient (Wildman–Crippen LogP) is 2.88. The molecule has 1 amide bonds. The van der Waals surface area contributed by atoms with Gasteiger partial charge >= 0.3 is 0 Å². The first-order chi connectivity index (χ1) is 11.3. The second-order valence-corrected chi connectivity index (χ2v) is 5.78. The molecule has 1 aromatic heterocycles. The van der Waals surface area contributed by atoms with Gasteiger partial charge in [0.05, 0.1) is 5.69 Å². The second-order valence-electron chi connectivity index (χ2n) is 5.78. The lowest BCUT2D eigenvalue weighted by atomic mass is 10.1. The van der Waals surface area contributed by atoms with Gasteiger partial charge in [0.1, 0.15) is 5.69 Å². The fourth-order valence-corrected chi connectivity index (χ4v) is 2.85. The van der Waals surface area contributed by atoms with E-state index in [0.717, 1.165) is 37.2 Å². The summed E-state index contributed by atoms with van der Waals surface area (Å²) >= 11 is 0. The van der Waals surface area contributed by atoms with Gasteiger partial charge in [-0.15, -0.1) is 0 Å². The molecule has 0 bridgehead atoms. The zero-order chi connectivity index (χ0) is 16.1. The highest BCUT2D eigenvalue weighted by Gasteiger charge is 2.17. The number of carbonyl (C=O) groups excluding carboxylic acids is 1. The molecule has 0 aliphatic carbocycles. The normalized spacial score (nSPS) is 15.1. The third-order valence-corrected chi connectivity index (χ3v) is 4.13. The second kappa shape index (κ2) is 7.22. The number of carbonyl (C=O) groups is 1. The van der Waals surface area contributed by atoms with E-state index < -0.39 is 0 Å². The highest BCUT2D eigenvalue weighted by atomic mass is 16.1. The lowest BCUT2D eigenvalue weighted by Crippen LogP contribution is -2.28. The van der Waals surface area contributed by atoms with Gasteiger partial charge in [-0.3, -0.25) is 4.79 Å². The van der Waals surface area contributed by atoms with Crippen LogP contribution in [0.3, 0.4) is 0 Å². The summed E-state index contributed by atoms with van der Waals surface area (Å²) in [6, 6.07) is 11.7. The Balaban J connectivity index is 2.02. The quantitative estimate of drug-likeness (QED) is 0.947. The number of anilines is 1. The first-order valence-electron chi connectivity index (χ1n) is 8.19. The van der Waals surface area contributed by atoms with Crippen molar-refractivity contribution in [3.63, 3.8) is 0 Å². The zero-order valence-electron chi connectivity index (χ0n) is 13.5. The van der Waals surface area contributed by atoms with Crippen molar-refractivity contribution in [1.82, 2.24) is 15.3 Å². The molecule has 1 N–H and O–H groups in total. The van der Waals surface area contributed by atoms with Gasteiger partial charge in [-0.2, -0.15) is 0 Å². The Kier molecular flexibility index (Phi) is 4.86. The van der Waals surface area contributed by atoms with Gasteiger partial charge in [0.2, 0.25) is 5.95 Å². The lowest BCUT2D eigenvalue weighted by molar-refractivity contribution is 0.0958. The molecule has 0 atom stereocenters. The average molecular weight is 310 g/mol. The Labute approximate surface area is 136 Å². The van der Waals surface area contributed by atoms with Crippen LogP contribution in [0, 0.1) is 0 Å². The first kappa shape index (κ1) is 15.5. The Morgan fingerprint density at radius 3 is 2.39 bits per heavy atom. The van der Waals surface area contributed by atoms with Crippen molar-refractivity contribution in [3.05, 3.63) is 42.1 Å². The number of aromatic nitrogens is 2. The van der Waals surface area contributed by atoms with Crippen LogP contribution in [0.1, 0.15) is 36.2 Å². The minimum absolute atomic E-state index is 0.180. The van der Waals surface area contributed by atoms with Crippen LogP contribution in [-0.2, 0) is 0 Å². The maximum absolute atomic E-state index is 12.1. The fourth-order valence-electron chi connectivity index (χ4n) is 2.85. The van der Waals surface area contributed by atoms with E-state index in [0.29, 0.717) is 11.6 Å². The molecule has 2 heterocycles. The first-order valence-corrected chi connectivity index (χ1v) is 8.19. The smallest absolute Gasteiger partial charge is 0.269 e. The molecule has 1 saturated heterocycles. The van der Waals surface area contributed by atoms with E-state index in [2.05, 4.69) is 15.2 Å². The molecule has 3 rings (SSSR count). The van der Waals surface area contributed by atoms with Gasteiger partial charge in [-0.25, -0.2) is 9.97 Å². The van der Waals surface area contributed by atoms with Gasteiger partial charge in [-0.1, -0.05) is 43.2 Å². The van der Waals surface area contributed by atoms with Gasteiger partial charge in [0, 0.05) is 25.7 Å². The molecule has 0 radical (unpaired) electrons. The Morgan fingerprint density at radius 1 is 1.04 bits per heavy atom. The standard InChI is InChI=1S/C18H22N4O/c1-19-17(23)16-13-15(14-9-5-4-6-10-14)20-18(21-16)22-11-7-2-3-8-12-22/h4-6,9-10,13H,2-3,7-8,11-12H2,1H3,(H,19,23). The molecule has 0 saturated carbocycles. The van der Waals surface area contributed by atoms with E-state index in [4.69, 9.17) is 4.98 Å². The van der Waals surface area contributed by atoms with Crippen molar-refractivity contribution in [1.29, 1.82) is 0 Å². The van der Waals surface area contributed by atoms with Crippen molar-refractivity contribution in [2.24, 2.45) is 0 Å². The molecule has 2 aromatic rings. The summed E-state index contributed by atoms with van der Waals surface area (Å²) in [7, 11) is 1.62. The van der Waals surface area contributed by atoms with Crippen LogP contribution in [0.5, 0.6) is 0 Å². The van der Waals surface area contributed by atoms with Crippen LogP contribution in [0.2, 0.25) is 0 Å². The topological polar surface area (TPSA) is 58.1 Å². The monoisotopic (exact) mass is 310 g/mol. The van der Waals surface area contributed by atoms with Gasteiger partial charge < -0.3 is 10.2 Å². The van der Waals surface area contributed by atoms with Crippen LogP contribution < -0.4 is 10.2 Å². The number of nitrogens with one attached hydrogen (secondary N) is 1. The molecule has 0 unspecified atom stereocenters. The third kappa shape index (κ3) is 3.67. The van der Waals surface area contributed by atoms with Crippen molar-refractivity contribution < 1.29 is 4.79 Å². The molecule has 1 aliphatic heterocycles. The Morgan fingerprint density at radius 2 is 1.74 bits per heavy atom. The molecule has 23 heavy (non-hydrogen) atoms. The van der Waals surface area contributed by atoms with E-state index in [1.807, 2.05) is 30.3 Å². The largest absolute Gasteiger partial charge is 0.354 e. The van der Waals surface area contributed by atoms with E-state index >= 15 is 0 Å². The summed E-state index contributed by atoms with van der Waals surface area (Å²) in [5.41, 5.74) is 2.20. The maximum atomic E-state index is 12.1. The summed E-state index contributed by atoms with van der Waals surface area (Å²) in [5, 5.41) is 2.65. The Bertz CT molecular complexity index is 664. The number of benzene rings is 1. The summed E-state index contributed by atoms with van der Waals surface area (Å²) < 4.78 is 0. The van der Waals surface area contributed by atoms with Crippen molar-refractivity contribution >= 4 is 11.9 Å². The lowest BCUT2D eigenvalue weighted by Gasteiger charge is -2.21. The number of hydrogen-bond donors (Lipinski definition) is 1. The maximum Gasteiger partial charge on any atom is 0.269 e. The molecular formula is C18H22N4O. The number of hydrogen-bond acceptors (Lipinski definition) is 4. The molecular weight excluding hydrogens is 288 g/mol. The van der Waals surface area contributed by atoms with E-state index in [1.54, 1.807) is 13.1 Å². The third-order valence-electron chi connectivity index (χ3n) is 4.13. The molecule has 0 spiro atoms. The van der Waals surface area contributed by atoms with Crippen molar-refractivity contribution in [2.45, 2.75) is 25.7 Å². The van der Waals surface area contributed by atoms with Gasteiger partial charge in [0.25, 0.3) is 5.91 Å². The average Bonchev–Trinajstić information content (AvgIpc) is 2.91. The van der Waals surface area contributed by atoms with E-state index in [1.165, 1.54) is 12.8 Å². The van der Waals surface area contributed by atoms with Crippen LogP contribution >= 0.6 is 0 Å². The minimum atomic E-state index is -0.180. The van der Waals surface area contributed by atoms with Crippen LogP contribution in [-0.4, -0.2) is 36.0 Å². The van der Waals surface area contributed by atoms with E-state index in [9.17, 15) is 4.79 Å². The summed E-state index contributed by atoms with van der Waals surface area (Å²) in [4.78, 5) is 23.5. The summed E-state index contributed by atoms with van der Waals surface area (Å²) in [6.45, 7) is 1.90. The number of rotatable bonds is 3. The summed E-state index contributed by atoms with van der Waals surface area (Å²) in [5.74, 6) is 0.479. The van der Waals surface area contributed by atoms with Crippen LogP contribution in [0.25, 0.3) is 11.3 Å². The Hall–Kier alpha value is -2.43. The molecule has 5 nitrogen and oxygen atoms in total. The zero-order valence-corrected chi connectivity index (χ0v) is 13.5. The van der Waals surface area contributed by atoms with Crippen molar-refractivity contribution in [2.75, 3.05) is 25.0 Å². The highest BCUT2D eigenvalue weighted by Crippen LogP contribution is 2.22. The molecule has 120 valence electrons. The predicted molar refractivity (Wildman–Crippen MR) is 91.5 cm³/mol. The van der Waals surface area contributed by atoms with Gasteiger partial charge in [-0.05, 0) is 18.9 Å². The molecule has 1 aromatic carbocycles. The van der Waals surface area contributed by atoms with Crippen LogP contribution in [0.15, 0.2) is 36.4 Å². The van der Waals surface area contributed by atoms with Crippen molar-refractivity contribution in [3.8, 4) is 11.3 Å². The molecule has 1 fully saturated rings. The molecule has 1 aliphatic rings.